The van der Waals surface area contributed by atoms with Crippen molar-refractivity contribution in [2.45, 2.75) is 31.8 Å². The van der Waals surface area contributed by atoms with Crippen LogP contribution in [0.25, 0.3) is 10.8 Å². The number of carbonyl (C=O) groups excluding carboxylic acids is 1. The predicted molar refractivity (Wildman–Crippen MR) is 105 cm³/mol. The lowest BCUT2D eigenvalue weighted by Crippen LogP contribution is -3.15. The second-order valence-electron chi connectivity index (χ2n) is 7.34. The highest BCUT2D eigenvalue weighted by molar-refractivity contribution is 5.96. The molecule has 0 aliphatic carbocycles. The smallest absolute Gasteiger partial charge is 0.282 e. The molecule has 4 heteroatoms. The summed E-state index contributed by atoms with van der Waals surface area (Å²) in [4.78, 5) is 14.3. The molecule has 1 fully saturated rings. The number of likely N-dealkylation sites (tertiary alicyclic amines) is 1. The van der Waals surface area contributed by atoms with E-state index in [4.69, 9.17) is 0 Å². The lowest BCUT2D eigenvalue weighted by atomic mass is 10.1. The third-order valence-electron chi connectivity index (χ3n) is 5.71. The number of fused-ring (bicyclic) bond motifs is 1. The van der Waals surface area contributed by atoms with Crippen LogP contribution in [0.4, 0.5) is 5.69 Å². The van der Waals surface area contributed by atoms with Gasteiger partial charge in [0.05, 0.1) is 12.2 Å². The van der Waals surface area contributed by atoms with E-state index in [-0.39, 0.29) is 11.9 Å². The van der Waals surface area contributed by atoms with Gasteiger partial charge in [-0.2, -0.15) is 0 Å². The standard InChI is InChI=1S/C22H25N3O/c1-16(25-14-6-10-21(25)20-9-5-13-24(20)2)22(26)23-19-12-11-17-7-3-4-8-18(17)15-19/h3-5,7-9,11-13,15-16,21H,6,10,14H2,1-2H3,(H,23,26)/p+1/t16-,21+/m0/s1. The van der Waals surface area contributed by atoms with Crippen molar-refractivity contribution in [1.82, 2.24) is 4.57 Å². The number of benzene rings is 2. The van der Waals surface area contributed by atoms with E-state index in [1.807, 2.05) is 31.2 Å². The van der Waals surface area contributed by atoms with E-state index in [1.54, 1.807) is 0 Å². The first-order valence-corrected chi connectivity index (χ1v) is 9.40. The molecule has 4 rings (SSSR count). The maximum Gasteiger partial charge on any atom is 0.282 e. The van der Waals surface area contributed by atoms with Crippen LogP contribution in [0, 0.1) is 0 Å². The first kappa shape index (κ1) is 16.9. The minimum atomic E-state index is -0.0797. The van der Waals surface area contributed by atoms with Crippen LogP contribution in [0.3, 0.4) is 0 Å². The fraction of sp³-hybridized carbons (Fsp3) is 0.318. The van der Waals surface area contributed by atoms with Crippen molar-refractivity contribution in [3.8, 4) is 0 Å². The summed E-state index contributed by atoms with van der Waals surface area (Å²) in [6.07, 6.45) is 4.39. The number of carbonyl (C=O) groups is 1. The van der Waals surface area contributed by atoms with E-state index in [1.165, 1.54) is 22.4 Å². The van der Waals surface area contributed by atoms with Gasteiger partial charge in [0.2, 0.25) is 0 Å². The minimum absolute atomic E-state index is 0.0797. The van der Waals surface area contributed by atoms with Gasteiger partial charge in [0.1, 0.15) is 6.04 Å². The molecule has 1 amide bonds. The molecule has 2 heterocycles. The molecule has 3 aromatic rings. The van der Waals surface area contributed by atoms with E-state index in [2.05, 4.69) is 53.5 Å². The fourth-order valence-electron chi connectivity index (χ4n) is 4.25. The molecular formula is C22H26N3O+. The Bertz CT molecular complexity index is 930. The first-order chi connectivity index (χ1) is 12.6. The zero-order valence-corrected chi connectivity index (χ0v) is 15.4. The SMILES string of the molecule is C[C@@H](C(=O)Nc1ccc2ccccc2c1)[NH+]1CCC[C@@H]1c1cccn1C. The normalized spacial score (nSPS) is 21.0. The summed E-state index contributed by atoms with van der Waals surface area (Å²) in [5.41, 5.74) is 2.19. The Hall–Kier alpha value is -2.59. The number of nitrogens with one attached hydrogen (secondary N) is 2. The van der Waals surface area contributed by atoms with Gasteiger partial charge < -0.3 is 14.8 Å². The number of amides is 1. The number of aryl methyl sites for hydroxylation is 1. The van der Waals surface area contributed by atoms with Crippen molar-refractivity contribution in [2.75, 3.05) is 11.9 Å². The highest BCUT2D eigenvalue weighted by atomic mass is 16.2. The van der Waals surface area contributed by atoms with Gasteiger partial charge in [0.15, 0.2) is 6.04 Å². The molecule has 26 heavy (non-hydrogen) atoms. The van der Waals surface area contributed by atoms with Crippen LogP contribution >= 0.6 is 0 Å². The van der Waals surface area contributed by atoms with Gasteiger partial charge >= 0.3 is 0 Å². The monoisotopic (exact) mass is 348 g/mol. The Kier molecular flexibility index (Phi) is 4.51. The first-order valence-electron chi connectivity index (χ1n) is 9.40. The quantitative estimate of drug-likeness (QED) is 0.748. The third-order valence-corrected chi connectivity index (χ3v) is 5.71. The summed E-state index contributed by atoms with van der Waals surface area (Å²) in [7, 11) is 2.09. The molecular weight excluding hydrogens is 322 g/mol. The second-order valence-corrected chi connectivity index (χ2v) is 7.34. The molecule has 1 aliphatic rings. The van der Waals surface area contributed by atoms with Gasteiger partial charge in [-0.25, -0.2) is 0 Å². The van der Waals surface area contributed by atoms with Crippen LogP contribution in [0.15, 0.2) is 60.8 Å². The van der Waals surface area contributed by atoms with Crippen LogP contribution in [-0.4, -0.2) is 23.1 Å². The molecule has 2 aromatic carbocycles. The van der Waals surface area contributed by atoms with Crippen LogP contribution in [-0.2, 0) is 11.8 Å². The lowest BCUT2D eigenvalue weighted by molar-refractivity contribution is -0.932. The Balaban J connectivity index is 1.50. The molecule has 134 valence electrons. The average Bonchev–Trinajstić information content (AvgIpc) is 3.29. The number of nitrogens with zero attached hydrogens (tertiary/aromatic N) is 1. The number of hydrogen-bond donors (Lipinski definition) is 2. The Labute approximate surface area is 154 Å². The fourth-order valence-corrected chi connectivity index (χ4v) is 4.25. The van der Waals surface area contributed by atoms with Gasteiger partial charge in [-0.15, -0.1) is 0 Å². The minimum Gasteiger partial charge on any atom is -0.350 e. The molecule has 0 saturated carbocycles. The van der Waals surface area contributed by atoms with Crippen LogP contribution < -0.4 is 10.2 Å². The van der Waals surface area contributed by atoms with Crippen molar-refractivity contribution in [3.63, 3.8) is 0 Å². The van der Waals surface area contributed by atoms with E-state index in [0.717, 1.165) is 24.0 Å². The molecule has 1 aromatic heterocycles. The number of hydrogen-bond acceptors (Lipinski definition) is 1. The van der Waals surface area contributed by atoms with Gasteiger partial charge in [-0.3, -0.25) is 4.79 Å². The molecule has 2 N–H and O–H groups in total. The van der Waals surface area contributed by atoms with Gasteiger partial charge in [0.25, 0.3) is 5.91 Å². The van der Waals surface area contributed by atoms with Crippen molar-refractivity contribution < 1.29 is 9.69 Å². The van der Waals surface area contributed by atoms with Crippen LogP contribution in [0.1, 0.15) is 31.5 Å². The average molecular weight is 348 g/mol. The summed E-state index contributed by atoms with van der Waals surface area (Å²) in [5.74, 6) is 0.0939. The van der Waals surface area contributed by atoms with E-state index in [0.29, 0.717) is 6.04 Å². The summed E-state index contributed by atoms with van der Waals surface area (Å²) < 4.78 is 2.18. The molecule has 1 saturated heterocycles. The van der Waals surface area contributed by atoms with Crippen molar-refractivity contribution in [3.05, 3.63) is 66.5 Å². The molecule has 1 aliphatic heterocycles. The maximum atomic E-state index is 12.9. The highest BCUT2D eigenvalue weighted by Crippen LogP contribution is 2.21. The molecule has 0 radical (unpaired) electrons. The van der Waals surface area contributed by atoms with Crippen molar-refractivity contribution in [1.29, 1.82) is 0 Å². The molecule has 1 unspecified atom stereocenters. The summed E-state index contributed by atoms with van der Waals surface area (Å²) >= 11 is 0. The number of aromatic nitrogens is 1. The Morgan fingerprint density at radius 2 is 1.96 bits per heavy atom. The largest absolute Gasteiger partial charge is 0.350 e. The predicted octanol–water partition coefficient (Wildman–Crippen LogP) is 2.93. The molecule has 0 spiro atoms. The van der Waals surface area contributed by atoms with Crippen molar-refractivity contribution >= 4 is 22.4 Å². The van der Waals surface area contributed by atoms with E-state index < -0.39 is 0 Å². The van der Waals surface area contributed by atoms with Crippen LogP contribution in [0.5, 0.6) is 0 Å². The van der Waals surface area contributed by atoms with Crippen molar-refractivity contribution in [2.24, 2.45) is 7.05 Å². The second kappa shape index (κ2) is 6.96. The maximum absolute atomic E-state index is 12.9. The topological polar surface area (TPSA) is 38.5 Å². The highest BCUT2D eigenvalue weighted by Gasteiger charge is 2.38. The number of anilines is 1. The van der Waals surface area contributed by atoms with Gasteiger partial charge in [-0.1, -0.05) is 30.3 Å². The number of rotatable bonds is 4. The number of quaternary nitrogens is 1. The van der Waals surface area contributed by atoms with Gasteiger partial charge in [-0.05, 0) is 42.0 Å². The summed E-state index contributed by atoms with van der Waals surface area (Å²) in [5, 5.41) is 5.46. The summed E-state index contributed by atoms with van der Waals surface area (Å²) in [6.45, 7) is 3.09. The zero-order chi connectivity index (χ0) is 18.1. The van der Waals surface area contributed by atoms with E-state index in [9.17, 15) is 4.79 Å². The molecule has 3 atom stereocenters. The van der Waals surface area contributed by atoms with Crippen LogP contribution in [0.2, 0.25) is 0 Å². The summed E-state index contributed by atoms with van der Waals surface area (Å²) in [6, 6.07) is 18.9. The molecule has 0 bridgehead atoms. The third kappa shape index (κ3) is 3.13. The Morgan fingerprint density at radius 3 is 2.73 bits per heavy atom. The zero-order valence-electron chi connectivity index (χ0n) is 15.4. The molecule has 4 nitrogen and oxygen atoms in total. The van der Waals surface area contributed by atoms with Gasteiger partial charge in [0, 0.05) is 31.8 Å². The Morgan fingerprint density at radius 1 is 1.15 bits per heavy atom. The lowest BCUT2D eigenvalue weighted by Gasteiger charge is -2.27. The van der Waals surface area contributed by atoms with E-state index >= 15 is 0 Å².